The molecular weight excluding hydrogens is 210 g/mol. The van der Waals surface area contributed by atoms with Gasteiger partial charge in [0.2, 0.25) is 5.91 Å². The third-order valence-electron chi connectivity index (χ3n) is 2.55. The molecule has 0 aromatic rings. The standard InChI is InChI=1S/C11H21NO4/c1-4-6-16-7-9(13)12-8-11(3,5-2)10(14)15/h4-8H2,1-3H3,(H,12,13)(H,14,15). The van der Waals surface area contributed by atoms with Crippen LogP contribution in [0.1, 0.15) is 33.6 Å². The zero-order valence-corrected chi connectivity index (χ0v) is 10.2. The van der Waals surface area contributed by atoms with Crippen molar-refractivity contribution < 1.29 is 19.4 Å². The number of aliphatic carboxylic acids is 1. The lowest BCUT2D eigenvalue weighted by molar-refractivity contribution is -0.148. The molecule has 0 aliphatic rings. The van der Waals surface area contributed by atoms with E-state index in [2.05, 4.69) is 5.32 Å². The second-order valence-corrected chi connectivity index (χ2v) is 4.05. The van der Waals surface area contributed by atoms with Crippen LogP contribution in [0.4, 0.5) is 0 Å². The van der Waals surface area contributed by atoms with Crippen LogP contribution in [0, 0.1) is 5.41 Å². The monoisotopic (exact) mass is 231 g/mol. The van der Waals surface area contributed by atoms with Gasteiger partial charge in [-0.1, -0.05) is 13.8 Å². The van der Waals surface area contributed by atoms with Crippen molar-refractivity contribution in [3.05, 3.63) is 0 Å². The lowest BCUT2D eigenvalue weighted by Crippen LogP contribution is -2.41. The summed E-state index contributed by atoms with van der Waals surface area (Å²) < 4.78 is 5.04. The first-order chi connectivity index (χ1) is 7.46. The van der Waals surface area contributed by atoms with E-state index >= 15 is 0 Å². The Labute approximate surface area is 96.2 Å². The first-order valence-electron chi connectivity index (χ1n) is 5.54. The molecule has 1 atom stereocenters. The molecule has 94 valence electrons. The number of rotatable bonds is 8. The van der Waals surface area contributed by atoms with Crippen molar-refractivity contribution in [1.82, 2.24) is 5.32 Å². The van der Waals surface area contributed by atoms with Gasteiger partial charge in [-0.25, -0.2) is 0 Å². The van der Waals surface area contributed by atoms with Crippen LogP contribution in [-0.2, 0) is 14.3 Å². The highest BCUT2D eigenvalue weighted by Crippen LogP contribution is 2.19. The van der Waals surface area contributed by atoms with Crippen LogP contribution in [0.3, 0.4) is 0 Å². The molecule has 0 aliphatic heterocycles. The van der Waals surface area contributed by atoms with E-state index in [-0.39, 0.29) is 19.1 Å². The maximum atomic E-state index is 11.3. The first kappa shape index (κ1) is 14.9. The molecule has 0 saturated heterocycles. The maximum absolute atomic E-state index is 11.3. The summed E-state index contributed by atoms with van der Waals surface area (Å²) in [6.07, 6.45) is 1.33. The predicted octanol–water partition coefficient (Wildman–Crippen LogP) is 1.03. The Hall–Kier alpha value is -1.10. The summed E-state index contributed by atoms with van der Waals surface area (Å²) in [7, 11) is 0. The number of carboxylic acids is 1. The maximum Gasteiger partial charge on any atom is 0.311 e. The van der Waals surface area contributed by atoms with Gasteiger partial charge < -0.3 is 15.2 Å². The van der Waals surface area contributed by atoms with Gasteiger partial charge in [0, 0.05) is 13.2 Å². The summed E-state index contributed by atoms with van der Waals surface area (Å²) >= 11 is 0. The van der Waals surface area contributed by atoms with E-state index in [9.17, 15) is 9.59 Å². The number of carbonyl (C=O) groups excluding carboxylic acids is 1. The van der Waals surface area contributed by atoms with Crippen molar-refractivity contribution in [2.45, 2.75) is 33.6 Å². The van der Waals surface area contributed by atoms with E-state index in [0.29, 0.717) is 13.0 Å². The average Bonchev–Trinajstić information content (AvgIpc) is 2.26. The average molecular weight is 231 g/mol. The number of amides is 1. The molecular formula is C11H21NO4. The summed E-state index contributed by atoms with van der Waals surface area (Å²) in [4.78, 5) is 22.2. The molecule has 0 aromatic heterocycles. The Morgan fingerprint density at radius 1 is 1.38 bits per heavy atom. The van der Waals surface area contributed by atoms with Crippen LogP contribution in [0.5, 0.6) is 0 Å². The fourth-order valence-electron chi connectivity index (χ4n) is 1.01. The van der Waals surface area contributed by atoms with Crippen LogP contribution in [0.15, 0.2) is 0 Å². The number of nitrogens with one attached hydrogen (secondary N) is 1. The Kier molecular flexibility index (Phi) is 6.72. The number of carboxylic acid groups (broad SMARTS) is 1. The van der Waals surface area contributed by atoms with Crippen LogP contribution in [0.2, 0.25) is 0 Å². The smallest absolute Gasteiger partial charge is 0.311 e. The van der Waals surface area contributed by atoms with Gasteiger partial charge in [0.25, 0.3) is 0 Å². The van der Waals surface area contributed by atoms with Gasteiger partial charge in [0.1, 0.15) is 6.61 Å². The fourth-order valence-corrected chi connectivity index (χ4v) is 1.01. The van der Waals surface area contributed by atoms with Crippen LogP contribution < -0.4 is 5.32 Å². The molecule has 0 bridgehead atoms. The molecule has 16 heavy (non-hydrogen) atoms. The zero-order valence-electron chi connectivity index (χ0n) is 10.2. The number of carbonyl (C=O) groups is 2. The Morgan fingerprint density at radius 3 is 2.44 bits per heavy atom. The van der Waals surface area contributed by atoms with Gasteiger partial charge in [-0.05, 0) is 19.8 Å². The topological polar surface area (TPSA) is 75.6 Å². The Morgan fingerprint density at radius 2 is 2.00 bits per heavy atom. The van der Waals surface area contributed by atoms with E-state index in [1.165, 1.54) is 0 Å². The third kappa shape index (κ3) is 5.11. The van der Waals surface area contributed by atoms with Gasteiger partial charge in [-0.15, -0.1) is 0 Å². The quantitative estimate of drug-likeness (QED) is 0.612. The molecule has 1 amide bonds. The highest BCUT2D eigenvalue weighted by molar-refractivity contribution is 5.79. The highest BCUT2D eigenvalue weighted by atomic mass is 16.5. The van der Waals surface area contributed by atoms with Crippen molar-refractivity contribution in [3.8, 4) is 0 Å². The summed E-state index contributed by atoms with van der Waals surface area (Å²) in [6, 6.07) is 0. The lowest BCUT2D eigenvalue weighted by Gasteiger charge is -2.23. The first-order valence-corrected chi connectivity index (χ1v) is 5.54. The molecule has 1 unspecified atom stereocenters. The van der Waals surface area contributed by atoms with Crippen LogP contribution in [0.25, 0.3) is 0 Å². The predicted molar refractivity (Wildman–Crippen MR) is 60.2 cm³/mol. The molecule has 0 radical (unpaired) electrons. The van der Waals surface area contributed by atoms with E-state index in [1.54, 1.807) is 13.8 Å². The van der Waals surface area contributed by atoms with Gasteiger partial charge in [0.05, 0.1) is 5.41 Å². The minimum absolute atomic E-state index is 0.00669. The third-order valence-corrected chi connectivity index (χ3v) is 2.55. The second-order valence-electron chi connectivity index (χ2n) is 4.05. The van der Waals surface area contributed by atoms with Crippen molar-refractivity contribution >= 4 is 11.9 Å². The molecule has 0 rings (SSSR count). The van der Waals surface area contributed by atoms with E-state index in [0.717, 1.165) is 6.42 Å². The zero-order chi connectivity index (χ0) is 12.6. The van der Waals surface area contributed by atoms with Gasteiger partial charge in [0.15, 0.2) is 0 Å². The van der Waals surface area contributed by atoms with E-state index < -0.39 is 11.4 Å². The van der Waals surface area contributed by atoms with Crippen LogP contribution >= 0.6 is 0 Å². The van der Waals surface area contributed by atoms with E-state index in [1.807, 2.05) is 6.92 Å². The minimum Gasteiger partial charge on any atom is -0.481 e. The fraction of sp³-hybridized carbons (Fsp3) is 0.818. The number of ether oxygens (including phenoxy) is 1. The second kappa shape index (κ2) is 7.22. The number of hydrogen-bond acceptors (Lipinski definition) is 3. The molecule has 0 fully saturated rings. The molecule has 2 N–H and O–H groups in total. The molecule has 0 aliphatic carbocycles. The molecule has 0 heterocycles. The normalized spacial score (nSPS) is 14.2. The molecule has 0 aromatic carbocycles. The molecule has 0 spiro atoms. The Balaban J connectivity index is 3.93. The molecule has 5 heteroatoms. The summed E-state index contributed by atoms with van der Waals surface area (Å²) in [6.45, 7) is 6.02. The van der Waals surface area contributed by atoms with Crippen LogP contribution in [-0.4, -0.2) is 36.7 Å². The molecule has 5 nitrogen and oxygen atoms in total. The lowest BCUT2D eigenvalue weighted by atomic mass is 9.88. The number of hydrogen-bond donors (Lipinski definition) is 2. The summed E-state index contributed by atoms with van der Waals surface area (Å²) in [5.74, 6) is -1.17. The van der Waals surface area contributed by atoms with E-state index in [4.69, 9.17) is 9.84 Å². The van der Waals surface area contributed by atoms with Crippen molar-refractivity contribution in [3.63, 3.8) is 0 Å². The highest BCUT2D eigenvalue weighted by Gasteiger charge is 2.31. The largest absolute Gasteiger partial charge is 0.481 e. The van der Waals surface area contributed by atoms with Crippen molar-refractivity contribution in [2.24, 2.45) is 5.41 Å². The summed E-state index contributed by atoms with van der Waals surface area (Å²) in [5.41, 5.74) is -0.902. The minimum atomic E-state index is -0.902. The van der Waals surface area contributed by atoms with Crippen molar-refractivity contribution in [2.75, 3.05) is 19.8 Å². The van der Waals surface area contributed by atoms with Gasteiger partial charge >= 0.3 is 5.97 Å². The van der Waals surface area contributed by atoms with Gasteiger partial charge in [-0.2, -0.15) is 0 Å². The molecule has 0 saturated carbocycles. The van der Waals surface area contributed by atoms with Crippen molar-refractivity contribution in [1.29, 1.82) is 0 Å². The summed E-state index contributed by atoms with van der Waals surface area (Å²) in [5, 5.41) is 11.5. The Bertz CT molecular complexity index is 242. The SMILES string of the molecule is CCCOCC(=O)NCC(C)(CC)C(=O)O. The van der Waals surface area contributed by atoms with Gasteiger partial charge in [-0.3, -0.25) is 9.59 Å².